The summed E-state index contributed by atoms with van der Waals surface area (Å²) in [5.41, 5.74) is 6.97. The summed E-state index contributed by atoms with van der Waals surface area (Å²) >= 11 is 0. The molecule has 2 rings (SSSR count). The summed E-state index contributed by atoms with van der Waals surface area (Å²) in [6, 6.07) is 4.69. The predicted octanol–water partition coefficient (Wildman–Crippen LogP) is 2.73. The van der Waals surface area contributed by atoms with E-state index in [-0.39, 0.29) is 11.9 Å². The molecule has 0 saturated carbocycles. The molecule has 1 heterocycles. The third-order valence-corrected chi connectivity index (χ3v) is 3.75. The van der Waals surface area contributed by atoms with Gasteiger partial charge in [-0.15, -0.1) is 0 Å². The lowest BCUT2D eigenvalue weighted by Gasteiger charge is -2.27. The van der Waals surface area contributed by atoms with Gasteiger partial charge >= 0.3 is 6.09 Å². The number of nitrogens with zero attached hydrogens (tertiary/aromatic N) is 2. The monoisotopic (exact) mass is 323 g/mol. The lowest BCUT2D eigenvalue weighted by atomic mass is 10.1. The quantitative estimate of drug-likeness (QED) is 0.909. The van der Waals surface area contributed by atoms with E-state index >= 15 is 0 Å². The van der Waals surface area contributed by atoms with Gasteiger partial charge in [-0.1, -0.05) is 0 Å². The number of benzene rings is 1. The first-order valence-electron chi connectivity index (χ1n) is 8.01. The number of rotatable bonds is 2. The Hall–Kier alpha value is -1.82. The maximum atomic E-state index is 13.4. The van der Waals surface area contributed by atoms with Gasteiger partial charge in [0.05, 0.1) is 0 Å². The topological polar surface area (TPSA) is 58.8 Å². The maximum Gasteiger partial charge on any atom is 0.410 e. The molecule has 0 spiro atoms. The minimum absolute atomic E-state index is 0.278. The molecule has 1 aromatic rings. The van der Waals surface area contributed by atoms with Crippen LogP contribution in [0.25, 0.3) is 0 Å². The van der Waals surface area contributed by atoms with Crippen molar-refractivity contribution in [2.45, 2.75) is 39.3 Å². The summed E-state index contributed by atoms with van der Waals surface area (Å²) in [7, 11) is 0. The molecular weight excluding hydrogens is 297 g/mol. The van der Waals surface area contributed by atoms with Crippen LogP contribution in [0.1, 0.15) is 32.8 Å². The molecule has 1 aromatic carbocycles. The molecule has 1 saturated heterocycles. The first kappa shape index (κ1) is 17.5. The van der Waals surface area contributed by atoms with Crippen LogP contribution in [-0.2, 0) is 11.3 Å². The van der Waals surface area contributed by atoms with Crippen LogP contribution in [0.5, 0.6) is 0 Å². The number of amides is 1. The van der Waals surface area contributed by atoms with Crippen LogP contribution in [0.15, 0.2) is 18.2 Å². The predicted molar refractivity (Wildman–Crippen MR) is 88.9 cm³/mol. The van der Waals surface area contributed by atoms with Crippen molar-refractivity contribution in [3.05, 3.63) is 29.6 Å². The van der Waals surface area contributed by atoms with Gasteiger partial charge in [-0.2, -0.15) is 0 Å². The van der Waals surface area contributed by atoms with E-state index in [0.717, 1.165) is 24.2 Å². The average Bonchev–Trinajstić information content (AvgIpc) is 2.71. The van der Waals surface area contributed by atoms with Crippen molar-refractivity contribution in [1.82, 2.24) is 4.90 Å². The van der Waals surface area contributed by atoms with E-state index in [2.05, 4.69) is 4.90 Å². The molecular formula is C17H26FN3O2. The van der Waals surface area contributed by atoms with Gasteiger partial charge in [0.25, 0.3) is 0 Å². The van der Waals surface area contributed by atoms with E-state index in [1.54, 1.807) is 11.0 Å². The van der Waals surface area contributed by atoms with Crippen LogP contribution in [0.3, 0.4) is 0 Å². The number of carbonyl (C=O) groups is 1. The zero-order valence-electron chi connectivity index (χ0n) is 14.1. The van der Waals surface area contributed by atoms with Crippen molar-refractivity contribution in [3.63, 3.8) is 0 Å². The van der Waals surface area contributed by atoms with Crippen molar-refractivity contribution in [2.24, 2.45) is 5.73 Å². The molecule has 1 amide bonds. The van der Waals surface area contributed by atoms with Crippen molar-refractivity contribution >= 4 is 11.8 Å². The highest BCUT2D eigenvalue weighted by Crippen LogP contribution is 2.23. The Balaban J connectivity index is 2.05. The third-order valence-electron chi connectivity index (χ3n) is 3.75. The summed E-state index contributed by atoms with van der Waals surface area (Å²) in [6.45, 7) is 8.60. The Morgan fingerprint density at radius 1 is 1.26 bits per heavy atom. The fourth-order valence-electron chi connectivity index (χ4n) is 2.69. The number of halogens is 1. The molecule has 0 atom stereocenters. The highest BCUT2D eigenvalue weighted by molar-refractivity contribution is 5.68. The van der Waals surface area contributed by atoms with Crippen LogP contribution >= 0.6 is 0 Å². The number of carbonyl (C=O) groups excluding carboxylic acids is 1. The number of ether oxygens (including phenoxy) is 1. The van der Waals surface area contributed by atoms with E-state index in [9.17, 15) is 9.18 Å². The molecule has 5 nitrogen and oxygen atoms in total. The van der Waals surface area contributed by atoms with E-state index < -0.39 is 5.60 Å². The smallest absolute Gasteiger partial charge is 0.410 e. The van der Waals surface area contributed by atoms with Crippen LogP contribution in [0, 0.1) is 5.82 Å². The van der Waals surface area contributed by atoms with Gasteiger partial charge in [-0.05, 0) is 51.0 Å². The first-order valence-corrected chi connectivity index (χ1v) is 8.01. The van der Waals surface area contributed by atoms with E-state index in [1.807, 2.05) is 20.8 Å². The van der Waals surface area contributed by atoms with Crippen molar-refractivity contribution in [2.75, 3.05) is 31.1 Å². The van der Waals surface area contributed by atoms with Gasteiger partial charge in [0.15, 0.2) is 0 Å². The minimum atomic E-state index is -0.493. The zero-order valence-corrected chi connectivity index (χ0v) is 14.1. The Labute approximate surface area is 137 Å². The molecule has 2 N–H and O–H groups in total. The summed E-state index contributed by atoms with van der Waals surface area (Å²) in [4.78, 5) is 16.1. The van der Waals surface area contributed by atoms with E-state index in [0.29, 0.717) is 26.2 Å². The molecule has 0 radical (unpaired) electrons. The standard InChI is InChI=1S/C17H26FN3O2/c1-17(2,3)23-16(22)21-8-4-7-20(9-10-21)15-6-5-14(18)11-13(15)12-19/h5-6,11H,4,7-10,12,19H2,1-3H3. The van der Waals surface area contributed by atoms with Crippen LogP contribution in [-0.4, -0.2) is 42.8 Å². The van der Waals surface area contributed by atoms with Crippen molar-refractivity contribution in [1.29, 1.82) is 0 Å². The summed E-state index contributed by atoms with van der Waals surface area (Å²) in [5, 5.41) is 0. The molecule has 128 valence electrons. The fraction of sp³-hybridized carbons (Fsp3) is 0.588. The van der Waals surface area contributed by atoms with Crippen molar-refractivity contribution < 1.29 is 13.9 Å². The summed E-state index contributed by atoms with van der Waals surface area (Å²) in [6.07, 6.45) is 0.554. The number of anilines is 1. The second-order valence-corrected chi connectivity index (χ2v) is 6.79. The highest BCUT2D eigenvalue weighted by atomic mass is 19.1. The molecule has 1 aliphatic heterocycles. The Morgan fingerprint density at radius 2 is 2.00 bits per heavy atom. The largest absolute Gasteiger partial charge is 0.444 e. The van der Waals surface area contributed by atoms with Gasteiger partial charge in [0, 0.05) is 38.4 Å². The fourth-order valence-corrected chi connectivity index (χ4v) is 2.69. The second-order valence-electron chi connectivity index (χ2n) is 6.79. The van der Waals surface area contributed by atoms with Gasteiger partial charge in [0.1, 0.15) is 11.4 Å². The number of hydrogen-bond acceptors (Lipinski definition) is 4. The SMILES string of the molecule is CC(C)(C)OC(=O)N1CCCN(c2ccc(F)cc2CN)CC1. The zero-order chi connectivity index (χ0) is 17.0. The van der Waals surface area contributed by atoms with Gasteiger partial charge in [-0.25, -0.2) is 9.18 Å². The molecule has 0 bridgehead atoms. The molecule has 0 unspecified atom stereocenters. The lowest BCUT2D eigenvalue weighted by molar-refractivity contribution is 0.0263. The van der Waals surface area contributed by atoms with Gasteiger partial charge in [0.2, 0.25) is 0 Å². The molecule has 1 fully saturated rings. The maximum absolute atomic E-state index is 13.4. The summed E-state index contributed by atoms with van der Waals surface area (Å²) in [5.74, 6) is -0.278. The molecule has 6 heteroatoms. The lowest BCUT2D eigenvalue weighted by Crippen LogP contribution is -2.39. The number of nitrogens with two attached hydrogens (primary N) is 1. The Kier molecular flexibility index (Phi) is 5.46. The van der Waals surface area contributed by atoms with Gasteiger partial charge in [-0.3, -0.25) is 0 Å². The Bertz CT molecular complexity index is 557. The Morgan fingerprint density at radius 3 is 2.65 bits per heavy atom. The molecule has 23 heavy (non-hydrogen) atoms. The normalized spacial score (nSPS) is 16.2. The molecule has 1 aliphatic rings. The van der Waals surface area contributed by atoms with Crippen LogP contribution in [0.4, 0.5) is 14.9 Å². The van der Waals surface area contributed by atoms with E-state index in [1.165, 1.54) is 12.1 Å². The summed E-state index contributed by atoms with van der Waals surface area (Å²) < 4.78 is 18.8. The molecule has 0 aliphatic carbocycles. The highest BCUT2D eigenvalue weighted by Gasteiger charge is 2.25. The van der Waals surface area contributed by atoms with Crippen molar-refractivity contribution in [3.8, 4) is 0 Å². The van der Waals surface area contributed by atoms with Gasteiger partial charge < -0.3 is 20.3 Å². The van der Waals surface area contributed by atoms with E-state index in [4.69, 9.17) is 10.5 Å². The minimum Gasteiger partial charge on any atom is -0.444 e. The third kappa shape index (κ3) is 4.82. The number of hydrogen-bond donors (Lipinski definition) is 1. The molecule has 0 aromatic heterocycles. The average molecular weight is 323 g/mol. The first-order chi connectivity index (χ1) is 10.8. The van der Waals surface area contributed by atoms with Crippen LogP contribution < -0.4 is 10.6 Å². The second kappa shape index (κ2) is 7.17. The van der Waals surface area contributed by atoms with Crippen LogP contribution in [0.2, 0.25) is 0 Å².